The molecule has 0 fully saturated rings. The first-order chi connectivity index (χ1) is 13.8. The van der Waals surface area contributed by atoms with Gasteiger partial charge in [-0.3, -0.25) is 4.79 Å². The van der Waals surface area contributed by atoms with Crippen molar-refractivity contribution in [2.24, 2.45) is 4.40 Å². The first-order valence-corrected chi connectivity index (χ1v) is 10.0. The van der Waals surface area contributed by atoms with Crippen LogP contribution in [-0.4, -0.2) is 56.9 Å². The molecular weight excluding hydrogens is 392 g/mol. The van der Waals surface area contributed by atoms with Crippen molar-refractivity contribution in [2.75, 3.05) is 21.2 Å². The highest BCUT2D eigenvalue weighted by Crippen LogP contribution is 2.25. The van der Waals surface area contributed by atoms with Gasteiger partial charge in [-0.05, 0) is 48.5 Å². The highest BCUT2D eigenvalue weighted by atomic mass is 32.2. The van der Waals surface area contributed by atoms with Crippen LogP contribution in [-0.2, 0) is 10.0 Å². The van der Waals surface area contributed by atoms with Crippen LogP contribution < -0.4 is 4.74 Å². The molecule has 0 aliphatic carbocycles. The third-order valence-corrected chi connectivity index (χ3v) is 5.29. The monoisotopic (exact) mass is 412 g/mol. The standard InChI is InChI=1S/C20H20N4O4S/c1-23(2)14-21-29(26,27)19-10-6-17(7-11-19)24-12-16(13-25)20(22-24)15-4-8-18(28-3)9-5-15/h4-14H,1-3H3/b21-14+. The van der Waals surface area contributed by atoms with Crippen molar-refractivity contribution in [1.29, 1.82) is 0 Å². The second kappa shape index (κ2) is 8.27. The molecule has 0 N–H and O–H groups in total. The lowest BCUT2D eigenvalue weighted by atomic mass is 10.1. The van der Waals surface area contributed by atoms with Crippen LogP contribution in [0, 0.1) is 0 Å². The van der Waals surface area contributed by atoms with Gasteiger partial charge in [0, 0.05) is 25.9 Å². The molecule has 8 nitrogen and oxygen atoms in total. The van der Waals surface area contributed by atoms with Crippen molar-refractivity contribution in [3.63, 3.8) is 0 Å². The molecule has 0 aliphatic heterocycles. The Morgan fingerprint density at radius 2 is 1.72 bits per heavy atom. The molecular formula is C20H20N4O4S. The second-order valence-corrected chi connectivity index (χ2v) is 8.01. The first kappa shape index (κ1) is 20.3. The molecule has 0 radical (unpaired) electrons. The highest BCUT2D eigenvalue weighted by molar-refractivity contribution is 7.90. The van der Waals surface area contributed by atoms with E-state index in [0.29, 0.717) is 22.7 Å². The number of sulfonamides is 1. The maximum Gasteiger partial charge on any atom is 0.283 e. The highest BCUT2D eigenvalue weighted by Gasteiger charge is 2.14. The topological polar surface area (TPSA) is 93.9 Å². The van der Waals surface area contributed by atoms with Gasteiger partial charge in [0.15, 0.2) is 6.29 Å². The number of carbonyl (C=O) groups excluding carboxylic acids is 1. The largest absolute Gasteiger partial charge is 0.497 e. The van der Waals surface area contributed by atoms with Crippen molar-refractivity contribution in [3.8, 4) is 22.7 Å². The van der Waals surface area contributed by atoms with Crippen LogP contribution in [0.15, 0.2) is 64.0 Å². The lowest BCUT2D eigenvalue weighted by molar-refractivity contribution is 0.112. The smallest absolute Gasteiger partial charge is 0.283 e. The van der Waals surface area contributed by atoms with Gasteiger partial charge in [0.2, 0.25) is 0 Å². The molecule has 2 aromatic carbocycles. The Morgan fingerprint density at radius 3 is 2.28 bits per heavy atom. The van der Waals surface area contributed by atoms with Gasteiger partial charge < -0.3 is 9.64 Å². The van der Waals surface area contributed by atoms with E-state index in [0.717, 1.165) is 11.8 Å². The number of aromatic nitrogens is 2. The molecule has 0 amide bonds. The Balaban J connectivity index is 1.93. The van der Waals surface area contributed by atoms with Gasteiger partial charge in [-0.15, -0.1) is 4.40 Å². The van der Waals surface area contributed by atoms with E-state index in [1.807, 2.05) is 12.1 Å². The molecule has 0 spiro atoms. The van der Waals surface area contributed by atoms with Crippen molar-refractivity contribution in [2.45, 2.75) is 4.90 Å². The summed E-state index contributed by atoms with van der Waals surface area (Å²) in [6, 6.07) is 13.3. The van der Waals surface area contributed by atoms with Gasteiger partial charge >= 0.3 is 0 Å². The van der Waals surface area contributed by atoms with E-state index in [2.05, 4.69) is 9.50 Å². The van der Waals surface area contributed by atoms with E-state index < -0.39 is 10.0 Å². The summed E-state index contributed by atoms with van der Waals surface area (Å²) in [5.74, 6) is 0.703. The van der Waals surface area contributed by atoms with Gasteiger partial charge in [-0.25, -0.2) is 4.68 Å². The number of benzene rings is 2. The normalized spacial score (nSPS) is 11.6. The fourth-order valence-electron chi connectivity index (χ4n) is 2.57. The summed E-state index contributed by atoms with van der Waals surface area (Å²) in [4.78, 5) is 13.1. The van der Waals surface area contributed by atoms with Crippen molar-refractivity contribution in [3.05, 3.63) is 60.3 Å². The van der Waals surface area contributed by atoms with Crippen molar-refractivity contribution < 1.29 is 17.9 Å². The predicted molar refractivity (Wildman–Crippen MR) is 110 cm³/mol. The summed E-state index contributed by atoms with van der Waals surface area (Å²) in [5.41, 5.74) is 2.32. The Labute approximate surface area is 169 Å². The summed E-state index contributed by atoms with van der Waals surface area (Å²) in [5, 5.41) is 4.49. The minimum atomic E-state index is -3.78. The molecule has 1 heterocycles. The van der Waals surface area contributed by atoms with E-state index >= 15 is 0 Å². The Hall–Kier alpha value is -3.46. The Kier molecular flexibility index (Phi) is 5.79. The third kappa shape index (κ3) is 4.52. The number of rotatable bonds is 7. The van der Waals surface area contributed by atoms with Gasteiger partial charge in [0.05, 0.1) is 23.3 Å². The van der Waals surface area contributed by atoms with E-state index in [-0.39, 0.29) is 4.90 Å². The summed E-state index contributed by atoms with van der Waals surface area (Å²) < 4.78 is 34.7. The third-order valence-electron chi connectivity index (χ3n) is 4.05. The predicted octanol–water partition coefficient (Wildman–Crippen LogP) is 2.64. The molecule has 0 saturated carbocycles. The average molecular weight is 412 g/mol. The molecule has 29 heavy (non-hydrogen) atoms. The minimum Gasteiger partial charge on any atom is -0.497 e. The molecule has 1 aromatic heterocycles. The van der Waals surface area contributed by atoms with Crippen LogP contribution in [0.1, 0.15) is 10.4 Å². The minimum absolute atomic E-state index is 0.0671. The zero-order valence-corrected chi connectivity index (χ0v) is 17.0. The maximum atomic E-state index is 12.2. The lowest BCUT2D eigenvalue weighted by Gasteiger charge is -2.05. The molecule has 0 bridgehead atoms. The Morgan fingerprint density at radius 1 is 1.07 bits per heavy atom. The summed E-state index contributed by atoms with van der Waals surface area (Å²) in [6.45, 7) is 0. The SMILES string of the molecule is COc1ccc(-c2nn(-c3ccc(S(=O)(=O)/N=C/N(C)C)cc3)cc2C=O)cc1. The van der Waals surface area contributed by atoms with Gasteiger partial charge in [0.1, 0.15) is 17.8 Å². The molecule has 9 heteroatoms. The molecule has 0 saturated heterocycles. The maximum absolute atomic E-state index is 12.2. The van der Waals surface area contributed by atoms with Crippen LogP contribution in [0.3, 0.4) is 0 Å². The molecule has 0 aliphatic rings. The van der Waals surface area contributed by atoms with Crippen molar-refractivity contribution >= 4 is 22.6 Å². The fourth-order valence-corrected chi connectivity index (χ4v) is 3.48. The number of hydrogen-bond donors (Lipinski definition) is 0. The summed E-state index contributed by atoms with van der Waals surface area (Å²) in [7, 11) is 1.17. The lowest BCUT2D eigenvalue weighted by Crippen LogP contribution is -2.10. The zero-order chi connectivity index (χ0) is 21.0. The molecule has 0 atom stereocenters. The quantitative estimate of drug-likeness (QED) is 0.336. The number of ether oxygens (including phenoxy) is 1. The van der Waals surface area contributed by atoms with E-state index in [4.69, 9.17) is 4.74 Å². The van der Waals surface area contributed by atoms with E-state index in [1.165, 1.54) is 28.1 Å². The number of nitrogens with zero attached hydrogens (tertiary/aromatic N) is 4. The van der Waals surface area contributed by atoms with Crippen molar-refractivity contribution in [1.82, 2.24) is 14.7 Å². The van der Waals surface area contributed by atoms with E-state index in [9.17, 15) is 13.2 Å². The number of methoxy groups -OCH3 is 1. The van der Waals surface area contributed by atoms with Gasteiger partial charge in [0.25, 0.3) is 10.0 Å². The second-order valence-electron chi connectivity index (χ2n) is 6.38. The Bertz CT molecular complexity index is 1130. The van der Waals surface area contributed by atoms with E-state index in [1.54, 1.807) is 51.7 Å². The zero-order valence-electron chi connectivity index (χ0n) is 16.2. The molecule has 3 aromatic rings. The van der Waals surface area contributed by atoms with Crippen LogP contribution in [0.5, 0.6) is 5.75 Å². The number of aldehydes is 1. The molecule has 150 valence electrons. The van der Waals surface area contributed by atoms with Crippen LogP contribution >= 0.6 is 0 Å². The number of carbonyl (C=O) groups is 1. The van der Waals surface area contributed by atoms with Crippen LogP contribution in [0.4, 0.5) is 0 Å². The van der Waals surface area contributed by atoms with Gasteiger partial charge in [-0.1, -0.05) is 0 Å². The van der Waals surface area contributed by atoms with Gasteiger partial charge in [-0.2, -0.15) is 13.5 Å². The summed E-state index contributed by atoms with van der Waals surface area (Å²) in [6.07, 6.45) is 3.56. The van der Waals surface area contributed by atoms with Crippen LogP contribution in [0.2, 0.25) is 0 Å². The van der Waals surface area contributed by atoms with Crippen LogP contribution in [0.25, 0.3) is 16.9 Å². The fraction of sp³-hybridized carbons (Fsp3) is 0.150. The number of hydrogen-bond acceptors (Lipinski definition) is 5. The summed E-state index contributed by atoms with van der Waals surface area (Å²) >= 11 is 0. The molecule has 3 rings (SSSR count). The first-order valence-electron chi connectivity index (χ1n) is 8.60. The average Bonchev–Trinajstić information content (AvgIpc) is 3.17. The molecule has 0 unspecified atom stereocenters.